The van der Waals surface area contributed by atoms with Gasteiger partial charge in [0.15, 0.2) is 0 Å². The number of halogens is 1. The van der Waals surface area contributed by atoms with E-state index >= 15 is 0 Å². The quantitative estimate of drug-likeness (QED) is 0.862. The molecule has 3 nitrogen and oxygen atoms in total. The number of thioether (sulfide) groups is 1. The highest BCUT2D eigenvalue weighted by Gasteiger charge is 2.34. The minimum atomic E-state index is -0.787. The molecule has 1 heterocycles. The van der Waals surface area contributed by atoms with Crippen LogP contribution < -0.4 is 0 Å². The summed E-state index contributed by atoms with van der Waals surface area (Å²) in [4.78, 5) is 13.8. The summed E-state index contributed by atoms with van der Waals surface area (Å²) in [5.41, 5.74) is 0.837. The molecule has 0 saturated carbocycles. The van der Waals surface area contributed by atoms with Crippen LogP contribution in [0.3, 0.4) is 0 Å². The van der Waals surface area contributed by atoms with E-state index in [-0.39, 0.29) is 11.9 Å². The van der Waals surface area contributed by atoms with Crippen molar-refractivity contribution in [1.82, 2.24) is 4.90 Å². The van der Waals surface area contributed by atoms with Gasteiger partial charge in [-0.25, -0.2) is 4.39 Å². The van der Waals surface area contributed by atoms with E-state index in [0.29, 0.717) is 11.3 Å². The highest BCUT2D eigenvalue weighted by atomic mass is 32.2. The highest BCUT2D eigenvalue weighted by molar-refractivity contribution is 7.98. The Morgan fingerprint density at radius 2 is 2.32 bits per heavy atom. The van der Waals surface area contributed by atoms with E-state index in [2.05, 4.69) is 0 Å². The lowest BCUT2D eigenvalue weighted by Gasteiger charge is -2.28. The predicted molar refractivity (Wildman–Crippen MR) is 74.0 cm³/mol. The largest absolute Gasteiger partial charge is 0.480 e. The minimum absolute atomic E-state index is 0.0750. The number of hydrogen-bond donors (Lipinski definition) is 1. The molecule has 1 aliphatic rings. The van der Waals surface area contributed by atoms with Crippen molar-refractivity contribution in [2.75, 3.05) is 12.8 Å². The summed E-state index contributed by atoms with van der Waals surface area (Å²) in [5.74, 6) is -1.02. The van der Waals surface area contributed by atoms with Gasteiger partial charge in [-0.05, 0) is 50.3 Å². The number of likely N-dealkylation sites (tertiary alicyclic amines) is 1. The Morgan fingerprint density at radius 3 is 2.89 bits per heavy atom. The highest BCUT2D eigenvalue weighted by Crippen LogP contribution is 2.31. The maximum Gasteiger partial charge on any atom is 0.320 e. The Bertz CT molecular complexity index is 481. The van der Waals surface area contributed by atoms with Crippen LogP contribution in [0.15, 0.2) is 23.1 Å². The van der Waals surface area contributed by atoms with E-state index < -0.39 is 12.0 Å². The minimum Gasteiger partial charge on any atom is -0.480 e. The van der Waals surface area contributed by atoms with Crippen molar-refractivity contribution in [1.29, 1.82) is 0 Å². The number of rotatable bonds is 4. The molecule has 1 aromatic carbocycles. The van der Waals surface area contributed by atoms with Gasteiger partial charge in [0, 0.05) is 10.9 Å². The van der Waals surface area contributed by atoms with Gasteiger partial charge in [-0.3, -0.25) is 9.69 Å². The third kappa shape index (κ3) is 2.92. The first-order valence-corrected chi connectivity index (χ1v) is 7.59. The molecule has 1 unspecified atom stereocenters. The van der Waals surface area contributed by atoms with Gasteiger partial charge in [0.05, 0.1) is 0 Å². The van der Waals surface area contributed by atoms with Crippen molar-refractivity contribution in [2.24, 2.45) is 0 Å². The Labute approximate surface area is 116 Å². The van der Waals surface area contributed by atoms with Crippen LogP contribution in [0.4, 0.5) is 4.39 Å². The first kappa shape index (κ1) is 14.3. The van der Waals surface area contributed by atoms with Crippen molar-refractivity contribution < 1.29 is 14.3 Å². The fraction of sp³-hybridized carbons (Fsp3) is 0.500. The van der Waals surface area contributed by atoms with E-state index in [1.165, 1.54) is 17.8 Å². The summed E-state index contributed by atoms with van der Waals surface area (Å²) in [6, 6.07) is 4.65. The van der Waals surface area contributed by atoms with Gasteiger partial charge in [0.2, 0.25) is 0 Å². The molecule has 5 heteroatoms. The second kappa shape index (κ2) is 5.92. The van der Waals surface area contributed by atoms with E-state index in [4.69, 9.17) is 0 Å². The summed E-state index contributed by atoms with van der Waals surface area (Å²) >= 11 is 1.37. The van der Waals surface area contributed by atoms with Gasteiger partial charge < -0.3 is 5.11 Å². The van der Waals surface area contributed by atoms with Gasteiger partial charge in [-0.15, -0.1) is 11.8 Å². The van der Waals surface area contributed by atoms with Crippen LogP contribution in [0.5, 0.6) is 0 Å². The number of carbonyl (C=O) groups is 1. The topological polar surface area (TPSA) is 40.5 Å². The fourth-order valence-corrected chi connectivity index (χ4v) is 3.11. The van der Waals surface area contributed by atoms with Crippen LogP contribution in [0, 0.1) is 5.82 Å². The average molecular weight is 283 g/mol. The standard InChI is InChI=1S/C14H18FNO2S/c1-9(16-7-3-4-12(16)14(17)18)10-5-6-13(19-2)11(15)8-10/h5-6,8-9,12H,3-4,7H2,1-2H3,(H,17,18)/t9?,12-/m0/s1. The Balaban J connectivity index is 2.21. The molecule has 0 bridgehead atoms. The van der Waals surface area contributed by atoms with Crippen LogP contribution in [0.2, 0.25) is 0 Å². The first-order chi connectivity index (χ1) is 9.04. The van der Waals surface area contributed by atoms with Crippen molar-refractivity contribution >= 4 is 17.7 Å². The zero-order chi connectivity index (χ0) is 14.0. The van der Waals surface area contributed by atoms with Crippen LogP contribution in [-0.4, -0.2) is 34.8 Å². The summed E-state index contributed by atoms with van der Waals surface area (Å²) in [7, 11) is 0. The maximum atomic E-state index is 13.8. The number of aliphatic carboxylic acids is 1. The number of carboxylic acid groups (broad SMARTS) is 1. The predicted octanol–water partition coefficient (Wildman–Crippen LogP) is 3.16. The molecule has 104 valence electrons. The number of benzene rings is 1. The molecule has 0 aliphatic carbocycles. The molecule has 2 atom stereocenters. The van der Waals surface area contributed by atoms with E-state index in [0.717, 1.165) is 18.5 Å². The molecule has 1 fully saturated rings. The van der Waals surface area contributed by atoms with Crippen LogP contribution >= 0.6 is 11.8 Å². The lowest BCUT2D eigenvalue weighted by atomic mass is 10.1. The molecule has 1 N–H and O–H groups in total. The zero-order valence-corrected chi connectivity index (χ0v) is 11.9. The van der Waals surface area contributed by atoms with Crippen LogP contribution in [0.25, 0.3) is 0 Å². The van der Waals surface area contributed by atoms with Gasteiger partial charge in [0.25, 0.3) is 0 Å². The summed E-state index contributed by atoms with van der Waals surface area (Å²) in [5, 5.41) is 9.20. The van der Waals surface area contributed by atoms with Crippen molar-refractivity contribution in [3.05, 3.63) is 29.6 Å². The second-order valence-electron chi connectivity index (χ2n) is 4.80. The van der Waals surface area contributed by atoms with Crippen molar-refractivity contribution in [2.45, 2.75) is 36.7 Å². The Kier molecular flexibility index (Phi) is 4.47. The van der Waals surface area contributed by atoms with Gasteiger partial charge in [0.1, 0.15) is 11.9 Å². The molecule has 2 rings (SSSR count). The average Bonchev–Trinajstić information content (AvgIpc) is 2.87. The monoisotopic (exact) mass is 283 g/mol. The Morgan fingerprint density at radius 1 is 1.58 bits per heavy atom. The summed E-state index contributed by atoms with van der Waals surface area (Å²) in [6.07, 6.45) is 3.39. The first-order valence-electron chi connectivity index (χ1n) is 6.36. The number of hydrogen-bond acceptors (Lipinski definition) is 3. The third-order valence-corrected chi connectivity index (χ3v) is 4.51. The summed E-state index contributed by atoms with van der Waals surface area (Å²) in [6.45, 7) is 2.69. The molecule has 0 radical (unpaired) electrons. The lowest BCUT2D eigenvalue weighted by molar-refractivity contribution is -0.142. The molecule has 0 amide bonds. The van der Waals surface area contributed by atoms with E-state index in [1.54, 1.807) is 6.07 Å². The number of carboxylic acids is 1. The molecule has 0 aromatic heterocycles. The molecule has 1 aromatic rings. The zero-order valence-electron chi connectivity index (χ0n) is 11.1. The smallest absolute Gasteiger partial charge is 0.320 e. The van der Waals surface area contributed by atoms with Crippen LogP contribution in [-0.2, 0) is 4.79 Å². The second-order valence-corrected chi connectivity index (χ2v) is 5.65. The molecule has 0 spiro atoms. The van der Waals surface area contributed by atoms with Gasteiger partial charge in [-0.1, -0.05) is 6.07 Å². The van der Waals surface area contributed by atoms with E-state index in [9.17, 15) is 14.3 Å². The molecule has 19 heavy (non-hydrogen) atoms. The van der Waals surface area contributed by atoms with E-state index in [1.807, 2.05) is 24.1 Å². The summed E-state index contributed by atoms with van der Waals surface area (Å²) < 4.78 is 13.8. The Hall–Kier alpha value is -1.07. The molecular weight excluding hydrogens is 265 g/mol. The van der Waals surface area contributed by atoms with Crippen LogP contribution in [0.1, 0.15) is 31.4 Å². The molecule has 1 saturated heterocycles. The number of nitrogens with zero attached hydrogens (tertiary/aromatic N) is 1. The van der Waals surface area contributed by atoms with Crippen molar-refractivity contribution in [3.8, 4) is 0 Å². The molecular formula is C14H18FNO2S. The molecule has 1 aliphatic heterocycles. The lowest BCUT2D eigenvalue weighted by Crippen LogP contribution is -2.37. The van der Waals surface area contributed by atoms with Crippen molar-refractivity contribution in [3.63, 3.8) is 0 Å². The SMILES string of the molecule is CSc1ccc(C(C)N2CCC[C@H]2C(=O)O)cc1F. The fourth-order valence-electron chi connectivity index (χ4n) is 2.65. The third-order valence-electron chi connectivity index (χ3n) is 3.73. The van der Waals surface area contributed by atoms with Gasteiger partial charge in [-0.2, -0.15) is 0 Å². The normalized spacial score (nSPS) is 21.5. The van der Waals surface area contributed by atoms with Gasteiger partial charge >= 0.3 is 5.97 Å². The maximum absolute atomic E-state index is 13.8.